The molecule has 0 bridgehead atoms. The zero-order valence-corrected chi connectivity index (χ0v) is 20.9. The number of nitrogens with zero attached hydrogens (tertiary/aromatic N) is 1. The van der Waals surface area contributed by atoms with Gasteiger partial charge in [0, 0.05) is 17.4 Å². The summed E-state index contributed by atoms with van der Waals surface area (Å²) in [5, 5.41) is 14.1. The molecule has 0 radical (unpaired) electrons. The summed E-state index contributed by atoms with van der Waals surface area (Å²) in [6.07, 6.45) is 3.76. The molecule has 0 aliphatic carbocycles. The van der Waals surface area contributed by atoms with Gasteiger partial charge in [0.05, 0.1) is 4.90 Å². The Morgan fingerprint density at radius 1 is 0.971 bits per heavy atom. The topological polar surface area (TPSA) is 184 Å². The van der Waals surface area contributed by atoms with Crippen molar-refractivity contribution in [3.63, 3.8) is 0 Å². The number of oxazole rings is 1. The van der Waals surface area contributed by atoms with E-state index in [9.17, 15) is 8.42 Å². The molecule has 0 amide bonds. The Hall–Kier alpha value is -3.06. The van der Waals surface area contributed by atoms with Crippen LogP contribution >= 0.6 is 24.4 Å². The number of thiocarbonyl (C=S) groups is 2. The molecule has 0 fully saturated rings. The molecule has 1 heterocycles. The number of sulfone groups is 1. The lowest BCUT2D eigenvalue weighted by Gasteiger charge is -2.07. The first kappa shape index (κ1) is 35.5. The Bertz CT molecular complexity index is 1070. The lowest BCUT2D eigenvalue weighted by atomic mass is 10.1. The molecule has 190 valence electrons. The first-order valence-corrected chi connectivity index (χ1v) is 11.9. The number of aliphatic hydroxyl groups excluding tert-OH is 2. The van der Waals surface area contributed by atoms with Gasteiger partial charge >= 0.3 is 0 Å². The summed E-state index contributed by atoms with van der Waals surface area (Å²) in [7, 11) is -3.35. The van der Waals surface area contributed by atoms with E-state index < -0.39 is 20.2 Å². The molecule has 8 N–H and O–H groups in total. The molecule has 3 aromatic rings. The van der Waals surface area contributed by atoms with Gasteiger partial charge in [-0.3, -0.25) is 0 Å². The number of aliphatic hydroxyl groups is 2. The van der Waals surface area contributed by atoms with Gasteiger partial charge in [-0.15, -0.1) is 0 Å². The molecular formula is C22H33N3O6S3. The van der Waals surface area contributed by atoms with Crippen LogP contribution in [0.15, 0.2) is 70.3 Å². The van der Waals surface area contributed by atoms with Crippen molar-refractivity contribution >= 4 is 44.6 Å². The maximum Gasteiger partial charge on any atom is 0.251 e. The van der Waals surface area contributed by atoms with Gasteiger partial charge in [-0.1, -0.05) is 70.2 Å². The number of nitrogens with two attached hydrogens (primary N) is 2. The summed E-state index contributed by atoms with van der Waals surface area (Å²) in [5.74, 6) is 0.460. The van der Waals surface area contributed by atoms with Crippen molar-refractivity contribution in [3.8, 4) is 22.6 Å². The summed E-state index contributed by atoms with van der Waals surface area (Å²) < 4.78 is 29.3. The molecule has 12 heteroatoms. The van der Waals surface area contributed by atoms with Crippen LogP contribution in [0.2, 0.25) is 0 Å². The summed E-state index contributed by atoms with van der Waals surface area (Å²) in [6.45, 7) is 4.25. The number of rotatable bonds is 3. The van der Waals surface area contributed by atoms with Gasteiger partial charge in [-0.2, -0.15) is 0 Å². The van der Waals surface area contributed by atoms with Crippen molar-refractivity contribution in [2.24, 2.45) is 11.5 Å². The zero-order chi connectivity index (χ0) is 24.7. The second kappa shape index (κ2) is 18.4. The van der Waals surface area contributed by atoms with Crippen LogP contribution in [0.1, 0.15) is 27.7 Å². The maximum absolute atomic E-state index is 11.9. The second-order valence-electron chi connectivity index (χ2n) is 6.05. The van der Waals surface area contributed by atoms with Crippen LogP contribution in [0.25, 0.3) is 22.6 Å². The average Bonchev–Trinajstić information content (AvgIpc) is 3.17. The van der Waals surface area contributed by atoms with Crippen LogP contribution in [-0.2, 0) is 9.84 Å². The Kier molecular flexibility index (Phi) is 19.2. The van der Waals surface area contributed by atoms with E-state index in [1.54, 1.807) is 24.3 Å². The summed E-state index contributed by atoms with van der Waals surface area (Å²) in [4.78, 5) is 4.46. The fourth-order valence-corrected chi connectivity index (χ4v) is 3.10. The lowest BCUT2D eigenvalue weighted by molar-refractivity contribution is 0.559. The average molecular weight is 532 g/mol. The van der Waals surface area contributed by atoms with Crippen LogP contribution < -0.4 is 11.5 Å². The Labute approximate surface area is 211 Å². The first-order chi connectivity index (χ1) is 14.9. The second-order valence-corrected chi connectivity index (χ2v) is 8.87. The molecule has 0 saturated heterocycles. The molecule has 9 nitrogen and oxygen atoms in total. The summed E-state index contributed by atoms with van der Waals surface area (Å²) in [6, 6.07) is 16.3. The van der Waals surface area contributed by atoms with Crippen LogP contribution in [0.4, 0.5) is 0 Å². The van der Waals surface area contributed by atoms with E-state index in [0.29, 0.717) is 17.0 Å². The van der Waals surface area contributed by atoms with Gasteiger partial charge in [0.1, 0.15) is 5.69 Å². The zero-order valence-electron chi connectivity index (χ0n) is 18.4. The molecule has 0 aliphatic rings. The monoisotopic (exact) mass is 531 g/mol. The molecule has 3 rings (SSSR count). The van der Waals surface area contributed by atoms with Crippen LogP contribution in [-0.4, -0.2) is 45.7 Å². The standard InChI is InChI=1S/C16H13NO3S.C3H8.2CH3NOS.CH4.H2O/c1-21(18,19)14-10-6-5-9-13(14)16-15(17-11-20-16)12-7-3-2-4-8-12;1-3-2;2*2-1(3)4;;/h2-11H,1H3;3H2,1-2H3;2*(H3,2,3,4);1H4;1H2. The molecule has 1 aromatic heterocycles. The molecule has 0 atom stereocenters. The summed E-state index contributed by atoms with van der Waals surface area (Å²) in [5.41, 5.74) is 10.8. The highest BCUT2D eigenvalue weighted by Crippen LogP contribution is 2.34. The fraction of sp³-hybridized carbons (Fsp3) is 0.227. The van der Waals surface area contributed by atoms with Gasteiger partial charge < -0.3 is 31.6 Å². The predicted molar refractivity (Wildman–Crippen MR) is 146 cm³/mol. The van der Waals surface area contributed by atoms with Gasteiger partial charge in [-0.25, -0.2) is 13.4 Å². The van der Waals surface area contributed by atoms with E-state index in [1.165, 1.54) is 19.1 Å². The minimum atomic E-state index is -3.35. The van der Waals surface area contributed by atoms with Crippen molar-refractivity contribution in [1.29, 1.82) is 0 Å². The Balaban J connectivity index is -0.000000630. The number of aromatic nitrogens is 1. The molecular weight excluding hydrogens is 498 g/mol. The van der Waals surface area contributed by atoms with E-state index in [0.717, 1.165) is 5.56 Å². The normalized spacial score (nSPS) is 9.03. The maximum atomic E-state index is 11.9. The van der Waals surface area contributed by atoms with E-state index in [4.69, 9.17) is 14.6 Å². The van der Waals surface area contributed by atoms with E-state index >= 15 is 0 Å². The van der Waals surface area contributed by atoms with E-state index in [1.807, 2.05) is 30.3 Å². The molecule has 0 aliphatic heterocycles. The molecule has 2 aromatic carbocycles. The third kappa shape index (κ3) is 14.2. The van der Waals surface area contributed by atoms with Crippen LogP contribution in [0.3, 0.4) is 0 Å². The van der Waals surface area contributed by atoms with Crippen molar-refractivity contribution in [2.75, 3.05) is 6.26 Å². The van der Waals surface area contributed by atoms with Crippen LogP contribution in [0.5, 0.6) is 0 Å². The smallest absolute Gasteiger partial charge is 0.251 e. The van der Waals surface area contributed by atoms with Gasteiger partial charge in [0.25, 0.3) is 10.3 Å². The highest BCUT2D eigenvalue weighted by atomic mass is 32.2. The summed E-state index contributed by atoms with van der Waals surface area (Å²) >= 11 is 7.74. The predicted octanol–water partition coefficient (Wildman–Crippen LogP) is 4.22. The van der Waals surface area contributed by atoms with Crippen molar-refractivity contribution in [3.05, 3.63) is 61.0 Å². The highest BCUT2D eigenvalue weighted by Gasteiger charge is 2.20. The third-order valence-corrected chi connectivity index (χ3v) is 4.30. The third-order valence-electron chi connectivity index (χ3n) is 3.15. The highest BCUT2D eigenvalue weighted by molar-refractivity contribution is 7.90. The SMILES string of the molecule is C.CCC.CS(=O)(=O)c1ccccc1-c1ocnc1-c1ccccc1.NC(O)=S.NC(O)=S.O. The van der Waals surface area contributed by atoms with Gasteiger partial charge in [0.2, 0.25) is 0 Å². The quantitative estimate of drug-likeness (QED) is 0.357. The number of hydrogen-bond acceptors (Lipinski definition) is 6. The Morgan fingerprint density at radius 3 is 1.82 bits per heavy atom. The molecule has 0 saturated carbocycles. The number of hydrogen-bond donors (Lipinski definition) is 4. The molecule has 0 spiro atoms. The minimum absolute atomic E-state index is 0. The van der Waals surface area contributed by atoms with Crippen molar-refractivity contribution in [1.82, 2.24) is 4.98 Å². The van der Waals surface area contributed by atoms with E-state index in [-0.39, 0.29) is 17.8 Å². The molecule has 34 heavy (non-hydrogen) atoms. The van der Waals surface area contributed by atoms with Crippen LogP contribution in [0, 0.1) is 0 Å². The molecule has 0 unspecified atom stereocenters. The fourth-order valence-electron chi connectivity index (χ4n) is 2.22. The van der Waals surface area contributed by atoms with Crippen molar-refractivity contribution < 1.29 is 28.5 Å². The van der Waals surface area contributed by atoms with Crippen molar-refractivity contribution in [2.45, 2.75) is 32.6 Å². The first-order valence-electron chi connectivity index (χ1n) is 9.20. The number of benzene rings is 2. The lowest BCUT2D eigenvalue weighted by Crippen LogP contribution is -2.03. The van der Waals surface area contributed by atoms with Gasteiger partial charge in [0.15, 0.2) is 22.0 Å². The minimum Gasteiger partial charge on any atom is -0.487 e. The largest absolute Gasteiger partial charge is 0.487 e. The van der Waals surface area contributed by atoms with E-state index in [2.05, 4.69) is 54.7 Å². The Morgan fingerprint density at radius 2 is 1.38 bits per heavy atom. The van der Waals surface area contributed by atoms with Gasteiger partial charge in [-0.05, 0) is 36.6 Å².